The Labute approximate surface area is 187 Å². The SMILES string of the molecule is COc1cccc(C=C2Oc3cc(OC(=O)c4ccccc4Br)ccc3C2=O)c1OC. The maximum atomic E-state index is 12.8. The second-order valence-corrected chi connectivity index (χ2v) is 7.40. The number of ketones is 1. The molecule has 0 saturated carbocycles. The zero-order chi connectivity index (χ0) is 22.0. The molecule has 0 fully saturated rings. The number of benzene rings is 3. The zero-order valence-corrected chi connectivity index (χ0v) is 18.3. The average molecular weight is 481 g/mol. The van der Waals surface area contributed by atoms with Crippen molar-refractivity contribution in [2.24, 2.45) is 0 Å². The van der Waals surface area contributed by atoms with Crippen LogP contribution >= 0.6 is 15.9 Å². The minimum atomic E-state index is -0.520. The predicted octanol–water partition coefficient (Wildman–Crippen LogP) is 5.30. The average Bonchev–Trinajstić information content (AvgIpc) is 3.08. The molecule has 156 valence electrons. The van der Waals surface area contributed by atoms with Gasteiger partial charge < -0.3 is 18.9 Å². The molecule has 0 amide bonds. The monoisotopic (exact) mass is 480 g/mol. The molecule has 0 bridgehead atoms. The summed E-state index contributed by atoms with van der Waals surface area (Å²) in [5.74, 6) is 0.963. The van der Waals surface area contributed by atoms with Gasteiger partial charge >= 0.3 is 5.97 Å². The molecule has 0 radical (unpaired) electrons. The fraction of sp³-hybridized carbons (Fsp3) is 0.0833. The third kappa shape index (κ3) is 4.04. The van der Waals surface area contributed by atoms with Gasteiger partial charge in [-0.3, -0.25) is 4.79 Å². The number of ether oxygens (including phenoxy) is 4. The zero-order valence-electron chi connectivity index (χ0n) is 16.7. The van der Waals surface area contributed by atoms with Crippen molar-refractivity contribution < 1.29 is 28.5 Å². The van der Waals surface area contributed by atoms with Crippen LogP contribution in [0.4, 0.5) is 0 Å². The number of allylic oxidation sites excluding steroid dienone is 1. The van der Waals surface area contributed by atoms with Crippen LogP contribution in [0.25, 0.3) is 6.08 Å². The second kappa shape index (κ2) is 8.65. The highest BCUT2D eigenvalue weighted by Crippen LogP contribution is 2.37. The summed E-state index contributed by atoms with van der Waals surface area (Å²) in [4.78, 5) is 25.2. The molecule has 1 aliphatic heterocycles. The molecule has 3 aromatic rings. The fourth-order valence-corrected chi connectivity index (χ4v) is 3.63. The van der Waals surface area contributed by atoms with E-state index in [0.717, 1.165) is 0 Å². The van der Waals surface area contributed by atoms with Crippen LogP contribution in [0.3, 0.4) is 0 Å². The molecule has 1 heterocycles. The highest BCUT2D eigenvalue weighted by molar-refractivity contribution is 9.10. The van der Waals surface area contributed by atoms with Crippen LogP contribution < -0.4 is 18.9 Å². The fourth-order valence-electron chi connectivity index (χ4n) is 3.19. The van der Waals surface area contributed by atoms with E-state index in [1.54, 1.807) is 67.8 Å². The third-order valence-corrected chi connectivity index (χ3v) is 5.36. The van der Waals surface area contributed by atoms with Crippen molar-refractivity contribution in [2.75, 3.05) is 14.2 Å². The van der Waals surface area contributed by atoms with E-state index in [1.807, 2.05) is 0 Å². The summed E-state index contributed by atoms with van der Waals surface area (Å²) in [7, 11) is 3.07. The Morgan fingerprint density at radius 3 is 2.55 bits per heavy atom. The molecule has 0 aromatic heterocycles. The molecular weight excluding hydrogens is 464 g/mol. The van der Waals surface area contributed by atoms with Gasteiger partial charge in [0.15, 0.2) is 17.3 Å². The van der Waals surface area contributed by atoms with E-state index in [9.17, 15) is 9.59 Å². The molecule has 0 N–H and O–H groups in total. The Bertz CT molecular complexity index is 1210. The summed E-state index contributed by atoms with van der Waals surface area (Å²) in [6.07, 6.45) is 1.59. The number of carbonyl (C=O) groups excluding carboxylic acids is 2. The van der Waals surface area contributed by atoms with Crippen LogP contribution in [0.2, 0.25) is 0 Å². The number of carbonyl (C=O) groups is 2. The lowest BCUT2D eigenvalue weighted by Gasteiger charge is -2.10. The van der Waals surface area contributed by atoms with Crippen molar-refractivity contribution in [3.05, 3.63) is 87.6 Å². The van der Waals surface area contributed by atoms with Crippen LogP contribution in [0.5, 0.6) is 23.0 Å². The molecule has 0 saturated heterocycles. The number of para-hydroxylation sites is 1. The Hall–Kier alpha value is -3.58. The Morgan fingerprint density at radius 2 is 1.81 bits per heavy atom. The van der Waals surface area contributed by atoms with Crippen molar-refractivity contribution >= 4 is 33.8 Å². The summed E-state index contributed by atoms with van der Waals surface area (Å²) >= 11 is 3.33. The summed E-state index contributed by atoms with van der Waals surface area (Å²) in [6.45, 7) is 0. The van der Waals surface area contributed by atoms with E-state index in [-0.39, 0.29) is 17.3 Å². The molecule has 0 aliphatic carbocycles. The first kappa shape index (κ1) is 20.7. The maximum Gasteiger partial charge on any atom is 0.344 e. The molecule has 6 nitrogen and oxygen atoms in total. The van der Waals surface area contributed by atoms with Crippen LogP contribution in [0.15, 0.2) is 70.9 Å². The van der Waals surface area contributed by atoms with E-state index < -0.39 is 5.97 Å². The lowest BCUT2D eigenvalue weighted by Crippen LogP contribution is -2.09. The lowest BCUT2D eigenvalue weighted by atomic mass is 10.1. The van der Waals surface area contributed by atoms with Crippen LogP contribution in [0, 0.1) is 0 Å². The number of Topliss-reactive ketones (excluding diaryl/α,β-unsaturated/α-hetero) is 1. The largest absolute Gasteiger partial charge is 0.493 e. The molecular formula is C24H17BrO6. The van der Waals surface area contributed by atoms with Crippen molar-refractivity contribution in [1.29, 1.82) is 0 Å². The van der Waals surface area contributed by atoms with Gasteiger partial charge in [0.1, 0.15) is 11.5 Å². The molecule has 31 heavy (non-hydrogen) atoms. The smallest absolute Gasteiger partial charge is 0.344 e. The van der Waals surface area contributed by atoms with E-state index in [0.29, 0.717) is 38.4 Å². The Balaban J connectivity index is 1.60. The normalized spacial score (nSPS) is 13.5. The first-order valence-corrected chi connectivity index (χ1v) is 10.1. The highest BCUT2D eigenvalue weighted by atomic mass is 79.9. The molecule has 0 atom stereocenters. The van der Waals surface area contributed by atoms with Crippen molar-refractivity contribution in [2.45, 2.75) is 0 Å². The first-order valence-electron chi connectivity index (χ1n) is 9.28. The number of halogens is 1. The predicted molar refractivity (Wildman–Crippen MR) is 118 cm³/mol. The molecule has 3 aromatic carbocycles. The first-order chi connectivity index (χ1) is 15.0. The van der Waals surface area contributed by atoms with Gasteiger partial charge in [-0.1, -0.05) is 24.3 Å². The minimum Gasteiger partial charge on any atom is -0.493 e. The van der Waals surface area contributed by atoms with E-state index >= 15 is 0 Å². The van der Waals surface area contributed by atoms with Crippen molar-refractivity contribution in [3.8, 4) is 23.0 Å². The number of hydrogen-bond donors (Lipinski definition) is 0. The number of fused-ring (bicyclic) bond motifs is 1. The Morgan fingerprint density at radius 1 is 1.00 bits per heavy atom. The van der Waals surface area contributed by atoms with E-state index in [2.05, 4.69) is 15.9 Å². The number of esters is 1. The molecule has 4 rings (SSSR count). The summed E-state index contributed by atoms with van der Waals surface area (Å²) in [6, 6.07) is 17.0. The molecule has 0 spiro atoms. The van der Waals surface area contributed by atoms with Gasteiger partial charge in [-0.25, -0.2) is 4.79 Å². The maximum absolute atomic E-state index is 12.8. The Kier molecular flexibility index (Phi) is 5.77. The van der Waals surface area contributed by atoms with Gasteiger partial charge in [-0.15, -0.1) is 0 Å². The van der Waals surface area contributed by atoms with Gasteiger partial charge in [0, 0.05) is 16.1 Å². The van der Waals surface area contributed by atoms with Crippen LogP contribution in [-0.4, -0.2) is 26.0 Å². The van der Waals surface area contributed by atoms with E-state index in [1.165, 1.54) is 13.2 Å². The summed E-state index contributed by atoms with van der Waals surface area (Å²) in [5.41, 5.74) is 1.41. The number of methoxy groups -OCH3 is 2. The highest BCUT2D eigenvalue weighted by Gasteiger charge is 2.28. The molecule has 7 heteroatoms. The van der Waals surface area contributed by atoms with Crippen LogP contribution in [-0.2, 0) is 0 Å². The lowest BCUT2D eigenvalue weighted by molar-refractivity contribution is 0.0733. The van der Waals surface area contributed by atoms with Gasteiger partial charge in [0.25, 0.3) is 0 Å². The number of rotatable bonds is 5. The van der Waals surface area contributed by atoms with Crippen LogP contribution in [0.1, 0.15) is 26.3 Å². The second-order valence-electron chi connectivity index (χ2n) is 6.55. The summed E-state index contributed by atoms with van der Waals surface area (Å²) in [5, 5.41) is 0. The third-order valence-electron chi connectivity index (χ3n) is 4.67. The quantitative estimate of drug-likeness (QED) is 0.280. The van der Waals surface area contributed by atoms with Crippen molar-refractivity contribution in [1.82, 2.24) is 0 Å². The molecule has 0 unspecified atom stereocenters. The standard InChI is InChI=1S/C24H17BrO6/c1-28-19-9-5-6-14(23(19)29-2)12-21-22(26)17-11-10-15(13-20(17)31-21)30-24(27)16-7-3-4-8-18(16)25/h3-13H,1-2H3. The summed E-state index contributed by atoms with van der Waals surface area (Å²) < 4.78 is 22.5. The van der Waals surface area contributed by atoms with Gasteiger partial charge in [0.05, 0.1) is 25.3 Å². The van der Waals surface area contributed by atoms with Gasteiger partial charge in [-0.2, -0.15) is 0 Å². The molecule has 1 aliphatic rings. The van der Waals surface area contributed by atoms with Gasteiger partial charge in [-0.05, 0) is 52.3 Å². The van der Waals surface area contributed by atoms with Crippen molar-refractivity contribution in [3.63, 3.8) is 0 Å². The topological polar surface area (TPSA) is 71.1 Å². The van der Waals surface area contributed by atoms with Gasteiger partial charge in [0.2, 0.25) is 5.78 Å². The van der Waals surface area contributed by atoms with E-state index in [4.69, 9.17) is 18.9 Å². The number of hydrogen-bond acceptors (Lipinski definition) is 6. The minimum absolute atomic E-state index is 0.135.